The van der Waals surface area contributed by atoms with Crippen molar-refractivity contribution in [2.75, 3.05) is 0 Å². The Morgan fingerprint density at radius 3 is 2.93 bits per heavy atom. The van der Waals surface area contributed by atoms with Gasteiger partial charge in [0.05, 0.1) is 5.69 Å². The van der Waals surface area contributed by atoms with Crippen molar-refractivity contribution < 1.29 is 0 Å². The maximum atomic E-state index is 4.40. The summed E-state index contributed by atoms with van der Waals surface area (Å²) in [6.45, 7) is 2.07. The van der Waals surface area contributed by atoms with Gasteiger partial charge in [-0.15, -0.1) is 0 Å². The van der Waals surface area contributed by atoms with E-state index >= 15 is 0 Å². The fraction of sp³-hybridized carbons (Fsp3) is 0.750. The number of aromatic nitrogens is 2. The normalized spacial score (nSPS) is 26.9. The smallest absolute Gasteiger partial charge is 0.0596 e. The molecule has 0 radical (unpaired) electrons. The minimum Gasteiger partial charge on any atom is -0.272 e. The third-order valence-corrected chi connectivity index (χ3v) is 4.15. The lowest BCUT2D eigenvalue weighted by Gasteiger charge is -2.25. The molecule has 0 amide bonds. The molecule has 15 heavy (non-hydrogen) atoms. The minimum atomic E-state index is 0.741. The van der Waals surface area contributed by atoms with Gasteiger partial charge in [0.1, 0.15) is 0 Å². The van der Waals surface area contributed by atoms with Gasteiger partial charge < -0.3 is 0 Å². The maximum absolute atomic E-state index is 4.40. The number of hydrogen-bond donors (Lipinski definition) is 0. The van der Waals surface area contributed by atoms with Crippen LogP contribution in [0.4, 0.5) is 0 Å². The van der Waals surface area contributed by atoms with E-state index < -0.39 is 0 Å². The first-order valence-corrected chi connectivity index (χ1v) is 6.70. The van der Waals surface area contributed by atoms with E-state index in [4.69, 9.17) is 0 Å². The van der Waals surface area contributed by atoms with Gasteiger partial charge in [-0.3, -0.25) is 4.68 Å². The molecule has 1 aliphatic rings. The summed E-state index contributed by atoms with van der Waals surface area (Å²) >= 11 is 3.74. The Kier molecular flexibility index (Phi) is 3.49. The second-order valence-electron chi connectivity index (χ2n) is 4.73. The Bertz CT molecular complexity index is 332. The predicted molar refractivity (Wildman–Crippen MR) is 66.3 cm³/mol. The van der Waals surface area contributed by atoms with E-state index in [1.807, 2.05) is 4.68 Å². The fourth-order valence-corrected chi connectivity index (χ4v) is 3.41. The number of halogens is 1. The van der Waals surface area contributed by atoms with Crippen LogP contribution in [0.5, 0.6) is 0 Å². The van der Waals surface area contributed by atoms with Gasteiger partial charge in [0.25, 0.3) is 0 Å². The van der Waals surface area contributed by atoms with Crippen molar-refractivity contribution in [3.8, 4) is 0 Å². The largest absolute Gasteiger partial charge is 0.272 e. The van der Waals surface area contributed by atoms with Crippen molar-refractivity contribution in [1.82, 2.24) is 9.78 Å². The molecule has 1 heterocycles. The van der Waals surface area contributed by atoms with Crippen molar-refractivity contribution in [1.29, 1.82) is 0 Å². The first kappa shape index (κ1) is 11.2. The number of hydrogen-bond acceptors (Lipinski definition) is 1. The van der Waals surface area contributed by atoms with Crippen LogP contribution < -0.4 is 0 Å². The van der Waals surface area contributed by atoms with E-state index in [1.54, 1.807) is 0 Å². The van der Waals surface area contributed by atoms with E-state index in [-0.39, 0.29) is 0 Å². The standard InChI is InChI=1S/C12H19BrN2/c1-9-6-12(15(2)14-9)8-10-4-3-5-11(13)7-10/h6,10-11H,3-5,7-8H2,1-2H3. The van der Waals surface area contributed by atoms with Crippen LogP contribution in [-0.2, 0) is 13.5 Å². The molecular weight excluding hydrogens is 252 g/mol. The Morgan fingerprint density at radius 2 is 2.33 bits per heavy atom. The van der Waals surface area contributed by atoms with Crippen molar-refractivity contribution in [2.45, 2.75) is 43.9 Å². The number of alkyl halides is 1. The summed E-state index contributed by atoms with van der Waals surface area (Å²) in [6, 6.07) is 2.22. The Labute approximate surface area is 100 Å². The molecule has 0 bridgehead atoms. The highest BCUT2D eigenvalue weighted by molar-refractivity contribution is 9.09. The quantitative estimate of drug-likeness (QED) is 0.755. The van der Waals surface area contributed by atoms with Crippen LogP contribution in [0.15, 0.2) is 6.07 Å². The first-order chi connectivity index (χ1) is 7.15. The summed E-state index contributed by atoms with van der Waals surface area (Å²) in [7, 11) is 2.05. The third-order valence-electron chi connectivity index (χ3n) is 3.32. The molecule has 1 fully saturated rings. The summed E-state index contributed by atoms with van der Waals surface area (Å²) < 4.78 is 2.03. The fourth-order valence-electron chi connectivity index (χ4n) is 2.56. The summed E-state index contributed by atoms with van der Waals surface area (Å²) in [5, 5.41) is 4.40. The van der Waals surface area contributed by atoms with Crippen LogP contribution in [0.2, 0.25) is 0 Å². The van der Waals surface area contributed by atoms with Crippen LogP contribution in [-0.4, -0.2) is 14.6 Å². The molecule has 84 valence electrons. The van der Waals surface area contributed by atoms with Crippen molar-refractivity contribution in [3.63, 3.8) is 0 Å². The summed E-state index contributed by atoms with van der Waals surface area (Å²) in [5.74, 6) is 0.845. The molecule has 1 aromatic heterocycles. The molecule has 1 saturated carbocycles. The van der Waals surface area contributed by atoms with Gasteiger partial charge in [0.2, 0.25) is 0 Å². The van der Waals surface area contributed by atoms with E-state index in [0.29, 0.717) is 0 Å². The van der Waals surface area contributed by atoms with Gasteiger partial charge in [-0.05, 0) is 44.6 Å². The molecular formula is C12H19BrN2. The average Bonchev–Trinajstić information content (AvgIpc) is 2.45. The van der Waals surface area contributed by atoms with Crippen LogP contribution in [0.3, 0.4) is 0 Å². The van der Waals surface area contributed by atoms with Gasteiger partial charge in [-0.1, -0.05) is 22.4 Å². The van der Waals surface area contributed by atoms with Gasteiger partial charge in [0, 0.05) is 17.6 Å². The molecule has 2 rings (SSSR count). The van der Waals surface area contributed by atoms with Crippen molar-refractivity contribution in [2.24, 2.45) is 13.0 Å². The van der Waals surface area contributed by atoms with Gasteiger partial charge in [-0.25, -0.2) is 0 Å². The molecule has 2 atom stereocenters. The molecule has 0 saturated heterocycles. The lowest BCUT2D eigenvalue weighted by molar-refractivity contribution is 0.361. The first-order valence-electron chi connectivity index (χ1n) is 5.78. The summed E-state index contributed by atoms with van der Waals surface area (Å²) in [5.41, 5.74) is 2.53. The van der Waals surface area contributed by atoms with Crippen LogP contribution in [0.25, 0.3) is 0 Å². The van der Waals surface area contributed by atoms with Crippen molar-refractivity contribution in [3.05, 3.63) is 17.5 Å². The number of nitrogens with zero attached hydrogens (tertiary/aromatic N) is 2. The monoisotopic (exact) mass is 270 g/mol. The zero-order chi connectivity index (χ0) is 10.8. The molecule has 1 aliphatic carbocycles. The van der Waals surface area contributed by atoms with Crippen LogP contribution >= 0.6 is 15.9 Å². The highest BCUT2D eigenvalue weighted by Crippen LogP contribution is 2.31. The lowest BCUT2D eigenvalue weighted by Crippen LogP contribution is -2.18. The molecule has 0 N–H and O–H groups in total. The van der Waals surface area contributed by atoms with Gasteiger partial charge in [0.15, 0.2) is 0 Å². The Hall–Kier alpha value is -0.310. The van der Waals surface area contributed by atoms with E-state index in [1.165, 1.54) is 37.8 Å². The third kappa shape index (κ3) is 2.83. The van der Waals surface area contributed by atoms with Crippen molar-refractivity contribution >= 4 is 15.9 Å². The van der Waals surface area contributed by atoms with Gasteiger partial charge >= 0.3 is 0 Å². The van der Waals surface area contributed by atoms with E-state index in [2.05, 4.69) is 41.1 Å². The number of aryl methyl sites for hydroxylation is 2. The highest BCUT2D eigenvalue weighted by Gasteiger charge is 2.21. The zero-order valence-corrected chi connectivity index (χ0v) is 11.1. The lowest BCUT2D eigenvalue weighted by atomic mass is 9.86. The molecule has 0 aromatic carbocycles. The average molecular weight is 271 g/mol. The molecule has 2 unspecified atom stereocenters. The second-order valence-corrected chi connectivity index (χ2v) is 6.03. The maximum Gasteiger partial charge on any atom is 0.0596 e. The highest BCUT2D eigenvalue weighted by atomic mass is 79.9. The van der Waals surface area contributed by atoms with Crippen LogP contribution in [0, 0.1) is 12.8 Å². The molecule has 0 aliphatic heterocycles. The Balaban J connectivity index is 1.99. The van der Waals surface area contributed by atoms with Gasteiger partial charge in [-0.2, -0.15) is 5.10 Å². The zero-order valence-electron chi connectivity index (χ0n) is 9.54. The SMILES string of the molecule is Cc1cc(CC2CCCC(Br)C2)n(C)n1. The second kappa shape index (κ2) is 4.69. The molecule has 2 nitrogen and oxygen atoms in total. The van der Waals surface area contributed by atoms with Crippen LogP contribution in [0.1, 0.15) is 37.1 Å². The number of rotatable bonds is 2. The topological polar surface area (TPSA) is 17.8 Å². The minimum absolute atomic E-state index is 0.741. The Morgan fingerprint density at radius 1 is 1.53 bits per heavy atom. The molecule has 3 heteroatoms. The van der Waals surface area contributed by atoms with E-state index in [0.717, 1.165) is 16.4 Å². The molecule has 1 aromatic rings. The summed E-state index contributed by atoms with van der Waals surface area (Å²) in [4.78, 5) is 0.741. The predicted octanol–water partition coefficient (Wildman–Crippen LogP) is 3.22. The summed E-state index contributed by atoms with van der Waals surface area (Å²) in [6.07, 6.45) is 6.62. The molecule has 0 spiro atoms. The van der Waals surface area contributed by atoms with E-state index in [9.17, 15) is 0 Å².